The Morgan fingerprint density at radius 1 is 1.00 bits per heavy atom. The predicted octanol–water partition coefficient (Wildman–Crippen LogP) is 4.11. The van der Waals surface area contributed by atoms with Crippen LogP contribution in [0.2, 0.25) is 0 Å². The van der Waals surface area contributed by atoms with Crippen LogP contribution in [-0.2, 0) is 11.3 Å². The van der Waals surface area contributed by atoms with Gasteiger partial charge >= 0.3 is 5.97 Å². The lowest BCUT2D eigenvalue weighted by Gasteiger charge is -2.24. The summed E-state index contributed by atoms with van der Waals surface area (Å²) >= 11 is 0. The first-order valence-corrected chi connectivity index (χ1v) is 9.25. The summed E-state index contributed by atoms with van der Waals surface area (Å²) in [4.78, 5) is 31.1. The summed E-state index contributed by atoms with van der Waals surface area (Å²) in [7, 11) is 1.53. The van der Waals surface area contributed by atoms with Gasteiger partial charge in [-0.15, -0.1) is 0 Å². The summed E-state index contributed by atoms with van der Waals surface area (Å²) < 4.78 is 10.4. The average Bonchev–Trinajstić information content (AvgIpc) is 2.78. The molecule has 0 spiro atoms. The number of esters is 1. The first kappa shape index (κ1) is 20.1. The highest BCUT2D eigenvalue weighted by molar-refractivity contribution is 6.08. The Bertz CT molecular complexity index is 972. The van der Waals surface area contributed by atoms with E-state index >= 15 is 0 Å². The average molecular weight is 390 g/mol. The lowest BCUT2D eigenvalue weighted by Crippen LogP contribution is -2.30. The molecule has 0 atom stereocenters. The molecule has 0 N–H and O–H groups in total. The molecule has 148 valence electrons. The molecule has 0 aliphatic carbocycles. The van der Waals surface area contributed by atoms with Crippen molar-refractivity contribution in [3.05, 3.63) is 89.7 Å². The minimum absolute atomic E-state index is 0.213. The highest BCUT2D eigenvalue weighted by Gasteiger charge is 2.22. The van der Waals surface area contributed by atoms with E-state index in [0.717, 1.165) is 5.56 Å². The summed E-state index contributed by atoms with van der Waals surface area (Å²) in [5, 5.41) is 0. The van der Waals surface area contributed by atoms with E-state index < -0.39 is 5.97 Å². The standard InChI is InChI=1S/C23H22N2O4/c1-3-29-23(27)18-10-12-19(13-11-18)25(16-17-7-6-14-24-15-17)22(26)20-8-4-5-9-21(20)28-2/h4-15H,3,16H2,1-2H3. The van der Waals surface area contributed by atoms with Gasteiger partial charge in [-0.25, -0.2) is 4.79 Å². The van der Waals surface area contributed by atoms with Crippen LogP contribution >= 0.6 is 0 Å². The van der Waals surface area contributed by atoms with E-state index in [1.165, 1.54) is 7.11 Å². The summed E-state index contributed by atoms with van der Waals surface area (Å²) in [6.45, 7) is 2.39. The van der Waals surface area contributed by atoms with Crippen LogP contribution in [-0.4, -0.2) is 30.6 Å². The Kier molecular flexibility index (Phi) is 6.58. The maximum atomic E-state index is 13.4. The number of anilines is 1. The Morgan fingerprint density at radius 2 is 1.76 bits per heavy atom. The number of carbonyl (C=O) groups is 2. The van der Waals surface area contributed by atoms with Crippen LogP contribution in [0.3, 0.4) is 0 Å². The summed E-state index contributed by atoms with van der Waals surface area (Å²) in [5.41, 5.74) is 2.41. The third kappa shape index (κ3) is 4.79. The molecule has 0 radical (unpaired) electrons. The van der Waals surface area contributed by atoms with Gasteiger partial charge in [-0.2, -0.15) is 0 Å². The van der Waals surface area contributed by atoms with Gasteiger partial charge in [0.05, 0.1) is 31.4 Å². The molecule has 3 aromatic rings. The highest BCUT2D eigenvalue weighted by Crippen LogP contribution is 2.25. The van der Waals surface area contributed by atoms with Gasteiger partial charge in [0.25, 0.3) is 5.91 Å². The fourth-order valence-electron chi connectivity index (χ4n) is 2.91. The molecule has 6 nitrogen and oxygen atoms in total. The number of para-hydroxylation sites is 1. The minimum Gasteiger partial charge on any atom is -0.496 e. The molecule has 0 unspecified atom stereocenters. The van der Waals surface area contributed by atoms with Gasteiger partial charge in [-0.05, 0) is 55.0 Å². The zero-order valence-electron chi connectivity index (χ0n) is 16.4. The van der Waals surface area contributed by atoms with Crippen molar-refractivity contribution in [1.82, 2.24) is 4.98 Å². The Labute approximate surface area is 169 Å². The van der Waals surface area contributed by atoms with Crippen molar-refractivity contribution in [1.29, 1.82) is 0 Å². The number of methoxy groups -OCH3 is 1. The third-order valence-electron chi connectivity index (χ3n) is 4.34. The molecule has 6 heteroatoms. The zero-order valence-corrected chi connectivity index (χ0v) is 16.4. The van der Waals surface area contributed by atoms with Crippen LogP contribution in [0.15, 0.2) is 73.1 Å². The Morgan fingerprint density at radius 3 is 2.41 bits per heavy atom. The van der Waals surface area contributed by atoms with Crippen LogP contribution in [0, 0.1) is 0 Å². The third-order valence-corrected chi connectivity index (χ3v) is 4.34. The number of hydrogen-bond acceptors (Lipinski definition) is 5. The number of carbonyl (C=O) groups excluding carboxylic acids is 2. The van der Waals surface area contributed by atoms with E-state index in [0.29, 0.717) is 35.7 Å². The number of pyridine rings is 1. The topological polar surface area (TPSA) is 68.7 Å². The fourth-order valence-corrected chi connectivity index (χ4v) is 2.91. The van der Waals surface area contributed by atoms with Gasteiger partial charge < -0.3 is 14.4 Å². The van der Waals surface area contributed by atoms with Crippen molar-refractivity contribution < 1.29 is 19.1 Å². The van der Waals surface area contributed by atoms with Gasteiger partial charge in [0.15, 0.2) is 0 Å². The maximum Gasteiger partial charge on any atom is 0.338 e. The van der Waals surface area contributed by atoms with Crippen LogP contribution < -0.4 is 9.64 Å². The largest absolute Gasteiger partial charge is 0.496 e. The molecular weight excluding hydrogens is 368 g/mol. The van der Waals surface area contributed by atoms with Gasteiger partial charge in [0.1, 0.15) is 5.75 Å². The second-order valence-electron chi connectivity index (χ2n) is 6.22. The lowest BCUT2D eigenvalue weighted by molar-refractivity contribution is 0.0526. The van der Waals surface area contributed by atoms with Crippen molar-refractivity contribution in [2.45, 2.75) is 13.5 Å². The second-order valence-corrected chi connectivity index (χ2v) is 6.22. The molecule has 3 rings (SSSR count). The maximum absolute atomic E-state index is 13.4. The summed E-state index contributed by atoms with van der Waals surface area (Å²) in [5.74, 6) is -0.110. The first-order valence-electron chi connectivity index (χ1n) is 9.25. The SMILES string of the molecule is CCOC(=O)c1ccc(N(Cc2cccnc2)C(=O)c2ccccc2OC)cc1. The van der Waals surface area contributed by atoms with E-state index in [-0.39, 0.29) is 5.91 Å². The molecule has 1 aromatic heterocycles. The number of benzene rings is 2. The number of rotatable bonds is 7. The van der Waals surface area contributed by atoms with E-state index in [1.54, 1.807) is 66.7 Å². The van der Waals surface area contributed by atoms with Crippen molar-refractivity contribution in [3.63, 3.8) is 0 Å². The normalized spacial score (nSPS) is 10.3. The lowest BCUT2D eigenvalue weighted by atomic mass is 10.1. The molecule has 0 fully saturated rings. The molecule has 0 bridgehead atoms. The molecule has 0 saturated heterocycles. The number of ether oxygens (including phenoxy) is 2. The van der Waals surface area contributed by atoms with Crippen LogP contribution in [0.4, 0.5) is 5.69 Å². The van der Waals surface area contributed by atoms with Crippen molar-refractivity contribution in [3.8, 4) is 5.75 Å². The van der Waals surface area contributed by atoms with Gasteiger partial charge in [0, 0.05) is 18.1 Å². The van der Waals surface area contributed by atoms with Crippen LogP contribution in [0.5, 0.6) is 5.75 Å². The van der Waals surface area contributed by atoms with E-state index in [4.69, 9.17) is 9.47 Å². The summed E-state index contributed by atoms with van der Waals surface area (Å²) in [6.07, 6.45) is 3.40. The quantitative estimate of drug-likeness (QED) is 0.568. The molecule has 2 aromatic carbocycles. The molecule has 0 saturated carbocycles. The molecular formula is C23H22N2O4. The second kappa shape index (κ2) is 9.50. The molecule has 0 aliphatic heterocycles. The van der Waals surface area contributed by atoms with Crippen molar-refractivity contribution in [2.75, 3.05) is 18.6 Å². The number of nitrogens with zero attached hydrogens (tertiary/aromatic N) is 2. The predicted molar refractivity (Wildman–Crippen MR) is 110 cm³/mol. The Balaban J connectivity index is 1.97. The van der Waals surface area contributed by atoms with Gasteiger partial charge in [-0.1, -0.05) is 18.2 Å². The zero-order chi connectivity index (χ0) is 20.6. The Hall–Kier alpha value is -3.67. The number of hydrogen-bond donors (Lipinski definition) is 0. The van der Waals surface area contributed by atoms with Crippen molar-refractivity contribution in [2.24, 2.45) is 0 Å². The molecule has 1 amide bonds. The van der Waals surface area contributed by atoms with Crippen molar-refractivity contribution >= 4 is 17.6 Å². The molecule has 29 heavy (non-hydrogen) atoms. The smallest absolute Gasteiger partial charge is 0.338 e. The number of amides is 1. The monoisotopic (exact) mass is 390 g/mol. The highest BCUT2D eigenvalue weighted by atomic mass is 16.5. The first-order chi connectivity index (χ1) is 14.1. The fraction of sp³-hybridized carbons (Fsp3) is 0.174. The summed E-state index contributed by atoms with van der Waals surface area (Å²) in [6, 6.07) is 17.6. The number of aromatic nitrogens is 1. The van der Waals surface area contributed by atoms with Crippen LogP contribution in [0.1, 0.15) is 33.2 Å². The van der Waals surface area contributed by atoms with E-state index in [1.807, 2.05) is 18.2 Å². The van der Waals surface area contributed by atoms with E-state index in [2.05, 4.69) is 4.98 Å². The molecule has 1 heterocycles. The minimum atomic E-state index is -0.395. The molecule has 0 aliphatic rings. The van der Waals surface area contributed by atoms with Gasteiger partial charge in [-0.3, -0.25) is 9.78 Å². The van der Waals surface area contributed by atoms with Crippen LogP contribution in [0.25, 0.3) is 0 Å². The van der Waals surface area contributed by atoms with Gasteiger partial charge in [0.2, 0.25) is 0 Å². The van der Waals surface area contributed by atoms with E-state index in [9.17, 15) is 9.59 Å².